The summed E-state index contributed by atoms with van der Waals surface area (Å²) < 4.78 is 5.13. The Morgan fingerprint density at radius 3 is 2.75 bits per heavy atom. The number of amides is 1. The molecule has 2 heterocycles. The molecule has 3 aromatic rings. The maximum atomic E-state index is 12.2. The fourth-order valence-corrected chi connectivity index (χ4v) is 2.84. The van der Waals surface area contributed by atoms with Crippen LogP contribution in [0, 0.1) is 0 Å². The van der Waals surface area contributed by atoms with Crippen LogP contribution >= 0.6 is 23.2 Å². The van der Waals surface area contributed by atoms with Crippen molar-refractivity contribution in [2.75, 3.05) is 5.32 Å². The summed E-state index contributed by atoms with van der Waals surface area (Å²) in [5, 5.41) is 3.97. The van der Waals surface area contributed by atoms with Crippen LogP contribution < -0.4 is 5.32 Å². The first kappa shape index (κ1) is 19.8. The van der Waals surface area contributed by atoms with E-state index in [9.17, 15) is 9.59 Å². The van der Waals surface area contributed by atoms with Crippen molar-refractivity contribution >= 4 is 57.9 Å². The highest BCUT2D eigenvalue weighted by Gasteiger charge is 2.18. The van der Waals surface area contributed by atoms with Gasteiger partial charge in [0.15, 0.2) is 11.9 Å². The van der Waals surface area contributed by atoms with Gasteiger partial charge in [0.25, 0.3) is 5.91 Å². The molecule has 0 saturated heterocycles. The molecule has 0 saturated carbocycles. The molecular weight excluding hydrogens is 401 g/mol. The molecule has 0 fully saturated rings. The number of para-hydroxylation sites is 1. The number of esters is 1. The molecule has 3 rings (SSSR count). The Labute approximate surface area is 171 Å². The van der Waals surface area contributed by atoms with Gasteiger partial charge in [-0.3, -0.25) is 9.78 Å². The number of pyridine rings is 2. The Bertz CT molecular complexity index is 1060. The summed E-state index contributed by atoms with van der Waals surface area (Å²) in [4.78, 5) is 32.5. The quantitative estimate of drug-likeness (QED) is 0.489. The van der Waals surface area contributed by atoms with E-state index in [0.717, 1.165) is 16.5 Å². The van der Waals surface area contributed by atoms with Crippen LogP contribution in [0.5, 0.6) is 0 Å². The van der Waals surface area contributed by atoms with E-state index in [1.165, 1.54) is 25.3 Å². The van der Waals surface area contributed by atoms with E-state index in [1.54, 1.807) is 12.3 Å². The first-order valence-corrected chi connectivity index (χ1v) is 9.04. The number of rotatable bonds is 5. The van der Waals surface area contributed by atoms with Crippen molar-refractivity contribution in [2.24, 2.45) is 0 Å². The van der Waals surface area contributed by atoms with Crippen LogP contribution in [-0.2, 0) is 14.3 Å². The van der Waals surface area contributed by atoms with Crippen molar-refractivity contribution in [2.45, 2.75) is 13.0 Å². The smallest absolute Gasteiger partial charge is 0.331 e. The molecule has 0 radical (unpaired) electrons. The lowest BCUT2D eigenvalue weighted by atomic mass is 10.1. The second kappa shape index (κ2) is 8.82. The van der Waals surface area contributed by atoms with Crippen LogP contribution in [0.25, 0.3) is 17.0 Å². The minimum atomic E-state index is -1.05. The highest BCUT2D eigenvalue weighted by atomic mass is 35.5. The largest absolute Gasteiger partial charge is 0.449 e. The van der Waals surface area contributed by atoms with E-state index in [1.807, 2.05) is 30.3 Å². The van der Waals surface area contributed by atoms with Gasteiger partial charge in [0.1, 0.15) is 0 Å². The van der Waals surface area contributed by atoms with E-state index in [4.69, 9.17) is 27.9 Å². The number of hydrogen-bond donors (Lipinski definition) is 1. The maximum Gasteiger partial charge on any atom is 0.331 e. The Morgan fingerprint density at radius 1 is 1.18 bits per heavy atom. The number of aromatic nitrogens is 2. The number of hydrogen-bond acceptors (Lipinski definition) is 5. The van der Waals surface area contributed by atoms with Crippen LogP contribution in [0.3, 0.4) is 0 Å². The predicted octanol–water partition coefficient (Wildman–Crippen LogP) is 4.52. The number of halogens is 2. The monoisotopic (exact) mass is 415 g/mol. The number of ether oxygens (including phenoxy) is 1. The van der Waals surface area contributed by atoms with Gasteiger partial charge >= 0.3 is 5.97 Å². The first-order valence-electron chi connectivity index (χ1n) is 8.28. The standard InChI is InChI=1S/C20H15Cl2N3O3/c1-12(20(27)25-19-16(22)10-15(21)11-24-19)28-17(26)8-7-14-5-2-4-13-6-3-9-23-18(13)14/h2-12H,1H3,(H,24,25,27)/b8-7+/t12-/m0/s1. The molecule has 0 aliphatic carbocycles. The van der Waals surface area contributed by atoms with Crippen molar-refractivity contribution in [3.05, 3.63) is 70.5 Å². The average molecular weight is 416 g/mol. The third-order valence-electron chi connectivity index (χ3n) is 3.77. The Balaban J connectivity index is 1.63. The predicted molar refractivity (Wildman–Crippen MR) is 109 cm³/mol. The van der Waals surface area contributed by atoms with E-state index < -0.39 is 18.0 Å². The Hall–Kier alpha value is -2.96. The fourth-order valence-electron chi connectivity index (χ4n) is 2.41. The van der Waals surface area contributed by atoms with Gasteiger partial charge in [-0.1, -0.05) is 47.5 Å². The lowest BCUT2D eigenvalue weighted by Crippen LogP contribution is -2.29. The van der Waals surface area contributed by atoms with Crippen molar-refractivity contribution in [1.82, 2.24) is 9.97 Å². The molecule has 28 heavy (non-hydrogen) atoms. The zero-order valence-corrected chi connectivity index (χ0v) is 16.2. The molecule has 2 aromatic heterocycles. The van der Waals surface area contributed by atoms with E-state index in [2.05, 4.69) is 15.3 Å². The fraction of sp³-hybridized carbons (Fsp3) is 0.100. The summed E-state index contributed by atoms with van der Waals surface area (Å²) in [7, 11) is 0. The Kier molecular flexibility index (Phi) is 6.23. The molecule has 0 aliphatic rings. The number of nitrogens with one attached hydrogen (secondary N) is 1. The van der Waals surface area contributed by atoms with E-state index in [0.29, 0.717) is 5.02 Å². The summed E-state index contributed by atoms with van der Waals surface area (Å²) in [6, 6.07) is 10.9. The first-order chi connectivity index (χ1) is 13.4. The number of benzene rings is 1. The minimum absolute atomic E-state index is 0.135. The molecule has 1 amide bonds. The molecule has 1 aromatic carbocycles. The lowest BCUT2D eigenvalue weighted by molar-refractivity contribution is -0.148. The van der Waals surface area contributed by atoms with Crippen LogP contribution in [0.15, 0.2) is 54.9 Å². The van der Waals surface area contributed by atoms with Gasteiger partial charge in [-0.05, 0) is 25.1 Å². The van der Waals surface area contributed by atoms with Crippen molar-refractivity contribution in [1.29, 1.82) is 0 Å². The summed E-state index contributed by atoms with van der Waals surface area (Å²) in [6.07, 6.45) is 4.83. The second-order valence-electron chi connectivity index (χ2n) is 5.81. The number of anilines is 1. The van der Waals surface area contributed by atoms with Gasteiger partial charge in [-0.25, -0.2) is 9.78 Å². The second-order valence-corrected chi connectivity index (χ2v) is 6.65. The molecule has 0 bridgehead atoms. The van der Waals surface area contributed by atoms with Gasteiger partial charge < -0.3 is 10.1 Å². The highest BCUT2D eigenvalue weighted by Crippen LogP contribution is 2.22. The number of fused-ring (bicyclic) bond motifs is 1. The molecule has 0 spiro atoms. The zero-order valence-electron chi connectivity index (χ0n) is 14.7. The van der Waals surface area contributed by atoms with Crippen LogP contribution in [0.4, 0.5) is 5.82 Å². The lowest BCUT2D eigenvalue weighted by Gasteiger charge is -2.12. The Morgan fingerprint density at radius 2 is 1.96 bits per heavy atom. The molecule has 0 unspecified atom stereocenters. The van der Waals surface area contributed by atoms with E-state index in [-0.39, 0.29) is 10.8 Å². The number of carbonyl (C=O) groups excluding carboxylic acids is 2. The van der Waals surface area contributed by atoms with Gasteiger partial charge in [0.2, 0.25) is 0 Å². The molecule has 0 aliphatic heterocycles. The molecule has 6 nitrogen and oxygen atoms in total. The van der Waals surface area contributed by atoms with E-state index >= 15 is 0 Å². The number of carbonyl (C=O) groups is 2. The van der Waals surface area contributed by atoms with Gasteiger partial charge in [-0.15, -0.1) is 0 Å². The summed E-state index contributed by atoms with van der Waals surface area (Å²) in [5.41, 5.74) is 1.53. The third kappa shape index (κ3) is 4.85. The molecular formula is C20H15Cl2N3O3. The van der Waals surface area contributed by atoms with Crippen LogP contribution in [0.2, 0.25) is 10.0 Å². The minimum Gasteiger partial charge on any atom is -0.449 e. The van der Waals surface area contributed by atoms with Gasteiger partial charge in [0.05, 0.1) is 15.6 Å². The van der Waals surface area contributed by atoms with Crippen LogP contribution in [0.1, 0.15) is 12.5 Å². The van der Waals surface area contributed by atoms with Crippen LogP contribution in [-0.4, -0.2) is 27.9 Å². The topological polar surface area (TPSA) is 81.2 Å². The average Bonchev–Trinajstić information content (AvgIpc) is 2.68. The molecule has 1 N–H and O–H groups in total. The normalized spacial score (nSPS) is 12.1. The highest BCUT2D eigenvalue weighted by molar-refractivity contribution is 6.36. The molecule has 1 atom stereocenters. The van der Waals surface area contributed by atoms with Crippen molar-refractivity contribution in [3.8, 4) is 0 Å². The number of nitrogens with zero attached hydrogens (tertiary/aromatic N) is 2. The molecule has 142 valence electrons. The van der Waals surface area contributed by atoms with Crippen molar-refractivity contribution < 1.29 is 14.3 Å². The maximum absolute atomic E-state index is 12.2. The van der Waals surface area contributed by atoms with Crippen molar-refractivity contribution in [3.63, 3.8) is 0 Å². The van der Waals surface area contributed by atoms with Gasteiger partial charge in [0, 0.05) is 29.4 Å². The third-order valence-corrected chi connectivity index (χ3v) is 4.27. The van der Waals surface area contributed by atoms with Gasteiger partial charge in [-0.2, -0.15) is 0 Å². The SMILES string of the molecule is C[C@H](OC(=O)/C=C/c1cccc2cccnc12)C(=O)Nc1ncc(Cl)cc1Cl. The molecule has 8 heteroatoms. The summed E-state index contributed by atoms with van der Waals surface area (Å²) in [5.74, 6) is -1.09. The summed E-state index contributed by atoms with van der Waals surface area (Å²) in [6.45, 7) is 1.45. The summed E-state index contributed by atoms with van der Waals surface area (Å²) >= 11 is 11.7. The zero-order chi connectivity index (χ0) is 20.1.